The van der Waals surface area contributed by atoms with E-state index < -0.39 is 17.5 Å². The minimum atomic E-state index is -1.37. The van der Waals surface area contributed by atoms with Crippen LogP contribution < -0.4 is 9.64 Å². The van der Waals surface area contributed by atoms with Crippen LogP contribution in [0.15, 0.2) is 52.9 Å². The Bertz CT molecular complexity index is 1010. The molecule has 1 N–H and O–H groups in total. The molecule has 8 nitrogen and oxygen atoms in total. The number of aliphatic carboxylic acids is 1. The van der Waals surface area contributed by atoms with Crippen molar-refractivity contribution >= 4 is 29.1 Å². The zero-order valence-electron chi connectivity index (χ0n) is 17.1. The number of anilines is 1. The maximum Gasteiger partial charge on any atom is 0.347 e. The molecule has 3 aromatic rings. The highest BCUT2D eigenvalue weighted by Crippen LogP contribution is 2.25. The van der Waals surface area contributed by atoms with Gasteiger partial charge < -0.3 is 23.9 Å². The topological polar surface area (TPSA) is 102 Å². The zero-order valence-corrected chi connectivity index (χ0v) is 17.1. The molecule has 8 heteroatoms. The van der Waals surface area contributed by atoms with Crippen LogP contribution in [0.4, 0.5) is 6.01 Å². The highest BCUT2D eigenvalue weighted by molar-refractivity contribution is 5.78. The lowest BCUT2D eigenvalue weighted by molar-refractivity contribution is -0.152. The highest BCUT2D eigenvalue weighted by atomic mass is 16.5. The number of rotatable bonds is 9. The van der Waals surface area contributed by atoms with Gasteiger partial charge in [-0.15, -0.1) is 0 Å². The van der Waals surface area contributed by atoms with Crippen molar-refractivity contribution in [3.63, 3.8) is 0 Å². The lowest BCUT2D eigenvalue weighted by atomic mass is 10.1. The van der Waals surface area contributed by atoms with Crippen molar-refractivity contribution in [3.8, 4) is 5.75 Å². The summed E-state index contributed by atoms with van der Waals surface area (Å²) in [6.45, 7) is 5.21. The molecule has 0 bridgehead atoms. The molecule has 2 aromatic carbocycles. The van der Waals surface area contributed by atoms with E-state index in [0.29, 0.717) is 22.9 Å². The molecule has 1 heterocycles. The second kappa shape index (κ2) is 8.86. The first kappa shape index (κ1) is 21.2. The van der Waals surface area contributed by atoms with Gasteiger partial charge in [0.25, 0.3) is 6.01 Å². The van der Waals surface area contributed by atoms with Crippen LogP contribution in [0.2, 0.25) is 0 Å². The van der Waals surface area contributed by atoms with Crippen molar-refractivity contribution in [3.05, 3.63) is 54.1 Å². The van der Waals surface area contributed by atoms with Gasteiger partial charge in [-0.2, -0.15) is 4.98 Å². The molecule has 0 aliphatic carbocycles. The maximum absolute atomic E-state index is 12.1. The first-order valence-corrected chi connectivity index (χ1v) is 9.56. The summed E-state index contributed by atoms with van der Waals surface area (Å²) in [4.78, 5) is 29.6. The smallest absolute Gasteiger partial charge is 0.347 e. The average molecular weight is 412 g/mol. The summed E-state index contributed by atoms with van der Waals surface area (Å²) in [5.41, 5.74) is 0.715. The van der Waals surface area contributed by atoms with Crippen molar-refractivity contribution in [1.29, 1.82) is 0 Å². The normalized spacial score (nSPS) is 11.3. The summed E-state index contributed by atoms with van der Waals surface area (Å²) in [5.74, 6) is -1.06. The molecule has 1 aromatic heterocycles. The van der Waals surface area contributed by atoms with Crippen LogP contribution in [-0.2, 0) is 20.9 Å². The van der Waals surface area contributed by atoms with Crippen LogP contribution in [0.1, 0.15) is 26.3 Å². The number of carboxylic acids is 1. The number of hydrogen-bond acceptors (Lipinski definition) is 7. The molecule has 0 fully saturated rings. The molecule has 3 rings (SSSR count). The first-order valence-electron chi connectivity index (χ1n) is 9.56. The number of fused-ring (bicyclic) bond motifs is 1. The van der Waals surface area contributed by atoms with E-state index in [-0.39, 0.29) is 19.7 Å². The molecule has 0 saturated heterocycles. The first-order chi connectivity index (χ1) is 14.3. The van der Waals surface area contributed by atoms with Crippen LogP contribution in [0.25, 0.3) is 11.1 Å². The molecule has 30 heavy (non-hydrogen) atoms. The van der Waals surface area contributed by atoms with Crippen molar-refractivity contribution in [2.24, 2.45) is 0 Å². The van der Waals surface area contributed by atoms with E-state index >= 15 is 0 Å². The number of benzene rings is 2. The Kier molecular flexibility index (Phi) is 6.25. The van der Waals surface area contributed by atoms with E-state index in [1.54, 1.807) is 36.1 Å². The van der Waals surface area contributed by atoms with E-state index in [4.69, 9.17) is 13.9 Å². The number of ether oxygens (including phenoxy) is 2. The van der Waals surface area contributed by atoms with Gasteiger partial charge in [0.15, 0.2) is 11.2 Å². The van der Waals surface area contributed by atoms with E-state index in [0.717, 1.165) is 5.56 Å². The molecule has 0 spiro atoms. The fourth-order valence-electron chi connectivity index (χ4n) is 2.81. The predicted molar refractivity (Wildman–Crippen MR) is 110 cm³/mol. The molecular formula is C22H24N2O6. The number of esters is 1. The SMILES string of the molecule is CCOC(=O)CN(Cc1cccc(OC(C)(C)C(=O)O)c1)c1nc2ccccc2o1. The molecule has 0 atom stereocenters. The second-order valence-corrected chi connectivity index (χ2v) is 7.19. The zero-order chi connectivity index (χ0) is 21.7. The molecular weight excluding hydrogens is 388 g/mol. The number of nitrogens with zero attached hydrogens (tertiary/aromatic N) is 2. The third-order valence-corrected chi connectivity index (χ3v) is 4.34. The standard InChI is InChI=1S/C22H24N2O6/c1-4-28-19(25)14-24(21-23-17-10-5-6-11-18(17)29-21)13-15-8-7-9-16(12-15)30-22(2,3)20(26)27/h5-12H,4,13-14H2,1-3H3,(H,26,27). The van der Waals surface area contributed by atoms with Crippen LogP contribution in [0.5, 0.6) is 5.75 Å². The molecule has 0 unspecified atom stereocenters. The highest BCUT2D eigenvalue weighted by Gasteiger charge is 2.29. The van der Waals surface area contributed by atoms with Crippen molar-refractivity contribution in [2.45, 2.75) is 32.9 Å². The lowest BCUT2D eigenvalue weighted by Crippen LogP contribution is -2.37. The van der Waals surface area contributed by atoms with Gasteiger partial charge in [0, 0.05) is 6.54 Å². The fourth-order valence-corrected chi connectivity index (χ4v) is 2.81. The van der Waals surface area contributed by atoms with E-state index in [2.05, 4.69) is 4.98 Å². The Morgan fingerprint density at radius 3 is 2.63 bits per heavy atom. The predicted octanol–water partition coefficient (Wildman–Crippen LogP) is 3.64. The third kappa shape index (κ3) is 5.08. The molecule has 0 aliphatic rings. The second-order valence-electron chi connectivity index (χ2n) is 7.19. The Morgan fingerprint density at radius 1 is 1.17 bits per heavy atom. The molecule has 0 saturated carbocycles. The van der Waals surface area contributed by atoms with E-state index in [9.17, 15) is 14.7 Å². The Balaban J connectivity index is 1.86. The van der Waals surface area contributed by atoms with Crippen LogP contribution in [0, 0.1) is 0 Å². The number of carbonyl (C=O) groups excluding carboxylic acids is 1. The quantitative estimate of drug-likeness (QED) is 0.532. The summed E-state index contributed by atoms with van der Waals surface area (Å²) in [6, 6.07) is 14.6. The number of hydrogen-bond donors (Lipinski definition) is 1. The summed E-state index contributed by atoms with van der Waals surface area (Å²) < 4.78 is 16.5. The number of carbonyl (C=O) groups is 2. The van der Waals surface area contributed by atoms with Gasteiger partial charge >= 0.3 is 11.9 Å². The fraction of sp³-hybridized carbons (Fsp3) is 0.318. The number of carboxylic acid groups (broad SMARTS) is 1. The molecule has 0 amide bonds. The van der Waals surface area contributed by atoms with Crippen molar-refractivity contribution < 1.29 is 28.6 Å². The summed E-state index contributed by atoms with van der Waals surface area (Å²) in [6.07, 6.45) is 0. The van der Waals surface area contributed by atoms with Crippen LogP contribution in [0.3, 0.4) is 0 Å². The van der Waals surface area contributed by atoms with Crippen molar-refractivity contribution in [1.82, 2.24) is 4.98 Å². The summed E-state index contributed by atoms with van der Waals surface area (Å²) in [7, 11) is 0. The van der Waals surface area contributed by atoms with Gasteiger partial charge in [-0.1, -0.05) is 24.3 Å². The van der Waals surface area contributed by atoms with Crippen LogP contribution in [-0.4, -0.2) is 40.8 Å². The summed E-state index contributed by atoms with van der Waals surface area (Å²) in [5, 5.41) is 9.28. The van der Waals surface area contributed by atoms with Gasteiger partial charge in [0.05, 0.1) is 6.61 Å². The molecule has 0 radical (unpaired) electrons. The molecule has 0 aliphatic heterocycles. The van der Waals surface area contributed by atoms with Gasteiger partial charge in [0.1, 0.15) is 17.8 Å². The van der Waals surface area contributed by atoms with E-state index in [1.165, 1.54) is 13.8 Å². The number of oxazole rings is 1. The van der Waals surface area contributed by atoms with Crippen LogP contribution >= 0.6 is 0 Å². The Morgan fingerprint density at radius 2 is 1.93 bits per heavy atom. The summed E-state index contributed by atoms with van der Waals surface area (Å²) >= 11 is 0. The lowest BCUT2D eigenvalue weighted by Gasteiger charge is -2.23. The minimum absolute atomic E-state index is 0.0492. The third-order valence-electron chi connectivity index (χ3n) is 4.34. The average Bonchev–Trinajstić information content (AvgIpc) is 3.12. The number of para-hydroxylation sites is 2. The Labute approximate surface area is 174 Å². The number of aromatic nitrogens is 1. The Hall–Kier alpha value is -3.55. The largest absolute Gasteiger partial charge is 0.478 e. The van der Waals surface area contributed by atoms with E-state index in [1.807, 2.05) is 24.3 Å². The van der Waals surface area contributed by atoms with Gasteiger partial charge in [-0.25, -0.2) is 4.79 Å². The van der Waals surface area contributed by atoms with Gasteiger partial charge in [0.2, 0.25) is 0 Å². The minimum Gasteiger partial charge on any atom is -0.478 e. The van der Waals surface area contributed by atoms with Gasteiger partial charge in [-0.05, 0) is 50.6 Å². The monoisotopic (exact) mass is 412 g/mol. The van der Waals surface area contributed by atoms with Gasteiger partial charge in [-0.3, -0.25) is 4.79 Å². The van der Waals surface area contributed by atoms with Crippen molar-refractivity contribution in [2.75, 3.05) is 18.1 Å². The molecule has 158 valence electrons. The maximum atomic E-state index is 12.1.